The molecule has 0 heterocycles. The van der Waals surface area contributed by atoms with E-state index in [2.05, 4.69) is 10.6 Å². The lowest BCUT2D eigenvalue weighted by molar-refractivity contribution is 0.102. The Hall–Kier alpha value is -2.89. The number of carbonyl (C=O) groups excluding carboxylic acids is 1. The van der Waals surface area contributed by atoms with Crippen LogP contribution in [0.1, 0.15) is 17.3 Å². The largest absolute Gasteiger partial charge is 0.508 e. The highest BCUT2D eigenvalue weighted by Crippen LogP contribution is 2.29. The molecule has 0 aliphatic rings. The second-order valence-electron chi connectivity index (χ2n) is 4.42. The third kappa shape index (κ3) is 3.36. The second kappa shape index (κ2) is 6.04. The fourth-order valence-corrected chi connectivity index (χ4v) is 1.85. The number of anilines is 2. The minimum absolute atomic E-state index is 0.00274. The van der Waals surface area contributed by atoms with Crippen molar-refractivity contribution in [3.63, 3.8) is 0 Å². The summed E-state index contributed by atoms with van der Waals surface area (Å²) in [5.74, 6) is -1.14. The van der Waals surface area contributed by atoms with Gasteiger partial charge in [0.25, 0.3) is 5.91 Å². The van der Waals surface area contributed by atoms with Gasteiger partial charge in [0.05, 0.1) is 11.3 Å². The summed E-state index contributed by atoms with van der Waals surface area (Å²) >= 11 is 0. The molecular formula is C15H16N2O4. The van der Waals surface area contributed by atoms with Crippen molar-refractivity contribution >= 4 is 17.3 Å². The minimum atomic E-state index is -0.584. The molecular weight excluding hydrogens is 272 g/mol. The zero-order chi connectivity index (χ0) is 15.4. The SMILES string of the molecule is CCNc1ccc(NC(=O)c2ccc(O)cc2O)c(O)c1. The fraction of sp³-hybridized carbons (Fsp3) is 0.133. The van der Waals surface area contributed by atoms with E-state index in [1.54, 1.807) is 12.1 Å². The molecule has 0 saturated heterocycles. The van der Waals surface area contributed by atoms with Crippen molar-refractivity contribution in [1.82, 2.24) is 0 Å². The van der Waals surface area contributed by atoms with E-state index >= 15 is 0 Å². The quantitative estimate of drug-likeness (QED) is 0.556. The Balaban J connectivity index is 2.19. The number of aromatic hydroxyl groups is 3. The van der Waals surface area contributed by atoms with Gasteiger partial charge in [-0.2, -0.15) is 0 Å². The molecule has 0 spiro atoms. The van der Waals surface area contributed by atoms with Gasteiger partial charge in [0.1, 0.15) is 17.2 Å². The first-order valence-corrected chi connectivity index (χ1v) is 6.41. The molecule has 1 amide bonds. The maximum atomic E-state index is 12.0. The van der Waals surface area contributed by atoms with Gasteiger partial charge < -0.3 is 26.0 Å². The first-order chi connectivity index (χ1) is 10.0. The number of nitrogens with one attached hydrogen (secondary N) is 2. The van der Waals surface area contributed by atoms with Crippen molar-refractivity contribution in [3.8, 4) is 17.2 Å². The normalized spacial score (nSPS) is 10.1. The van der Waals surface area contributed by atoms with Crippen molar-refractivity contribution < 1.29 is 20.1 Å². The smallest absolute Gasteiger partial charge is 0.259 e. The molecule has 0 radical (unpaired) electrons. The molecule has 5 N–H and O–H groups in total. The summed E-state index contributed by atoms with van der Waals surface area (Å²) in [6, 6.07) is 8.43. The van der Waals surface area contributed by atoms with Gasteiger partial charge in [0.15, 0.2) is 0 Å². The number of carbonyl (C=O) groups is 1. The maximum absolute atomic E-state index is 12.0. The van der Waals surface area contributed by atoms with Crippen molar-refractivity contribution in [2.24, 2.45) is 0 Å². The van der Waals surface area contributed by atoms with E-state index in [4.69, 9.17) is 0 Å². The van der Waals surface area contributed by atoms with Gasteiger partial charge >= 0.3 is 0 Å². The van der Waals surface area contributed by atoms with E-state index < -0.39 is 5.91 Å². The molecule has 21 heavy (non-hydrogen) atoms. The summed E-state index contributed by atoms with van der Waals surface area (Å²) in [5.41, 5.74) is 0.970. The third-order valence-electron chi connectivity index (χ3n) is 2.85. The van der Waals surface area contributed by atoms with Crippen molar-refractivity contribution in [1.29, 1.82) is 0 Å². The van der Waals surface area contributed by atoms with Gasteiger partial charge in [-0.1, -0.05) is 0 Å². The van der Waals surface area contributed by atoms with Gasteiger partial charge in [0.2, 0.25) is 0 Å². The minimum Gasteiger partial charge on any atom is -0.508 e. The topological polar surface area (TPSA) is 102 Å². The van der Waals surface area contributed by atoms with Crippen LogP contribution in [0.3, 0.4) is 0 Å². The Morgan fingerprint density at radius 1 is 1.05 bits per heavy atom. The Labute approximate surface area is 121 Å². The molecule has 0 saturated carbocycles. The zero-order valence-electron chi connectivity index (χ0n) is 11.4. The van der Waals surface area contributed by atoms with Gasteiger partial charge in [0, 0.05) is 24.4 Å². The summed E-state index contributed by atoms with van der Waals surface area (Å²) in [7, 11) is 0. The fourth-order valence-electron chi connectivity index (χ4n) is 1.85. The Kier molecular flexibility index (Phi) is 4.18. The van der Waals surface area contributed by atoms with Crippen LogP contribution < -0.4 is 10.6 Å². The van der Waals surface area contributed by atoms with Crippen molar-refractivity contribution in [2.75, 3.05) is 17.2 Å². The van der Waals surface area contributed by atoms with Crippen LogP contribution in [0, 0.1) is 0 Å². The lowest BCUT2D eigenvalue weighted by atomic mass is 10.1. The average Bonchev–Trinajstić information content (AvgIpc) is 2.42. The summed E-state index contributed by atoms with van der Waals surface area (Å²) in [4.78, 5) is 12.0. The highest BCUT2D eigenvalue weighted by atomic mass is 16.3. The molecule has 2 aromatic rings. The molecule has 110 valence electrons. The molecule has 0 atom stereocenters. The molecule has 6 nitrogen and oxygen atoms in total. The monoisotopic (exact) mass is 288 g/mol. The van der Waals surface area contributed by atoms with Crippen LogP contribution in [0.25, 0.3) is 0 Å². The highest BCUT2D eigenvalue weighted by molar-refractivity contribution is 6.07. The number of phenolic OH excluding ortho intramolecular Hbond substituents is 3. The highest BCUT2D eigenvalue weighted by Gasteiger charge is 2.13. The molecule has 0 aromatic heterocycles. The van der Waals surface area contributed by atoms with Gasteiger partial charge in [-0.3, -0.25) is 4.79 Å². The Morgan fingerprint density at radius 3 is 2.43 bits per heavy atom. The van der Waals surface area contributed by atoms with Crippen LogP contribution in [0.4, 0.5) is 11.4 Å². The number of hydrogen-bond donors (Lipinski definition) is 5. The van der Waals surface area contributed by atoms with E-state index in [-0.39, 0.29) is 28.5 Å². The predicted octanol–water partition coefficient (Wildman–Crippen LogP) is 2.49. The Morgan fingerprint density at radius 2 is 1.81 bits per heavy atom. The number of phenols is 3. The van der Waals surface area contributed by atoms with Crippen LogP contribution in [0.2, 0.25) is 0 Å². The third-order valence-corrected chi connectivity index (χ3v) is 2.85. The molecule has 0 bridgehead atoms. The Bertz CT molecular complexity index is 671. The van der Waals surface area contributed by atoms with Crippen LogP contribution >= 0.6 is 0 Å². The van der Waals surface area contributed by atoms with Crippen LogP contribution in [0.15, 0.2) is 36.4 Å². The van der Waals surface area contributed by atoms with Gasteiger partial charge in [-0.15, -0.1) is 0 Å². The lowest BCUT2D eigenvalue weighted by Gasteiger charge is -2.10. The van der Waals surface area contributed by atoms with E-state index in [0.29, 0.717) is 6.54 Å². The standard InChI is InChI=1S/C15H16N2O4/c1-2-16-9-3-6-12(14(20)7-9)17-15(21)11-5-4-10(18)8-13(11)19/h3-8,16,18-20H,2H2,1H3,(H,17,21). The van der Waals surface area contributed by atoms with E-state index in [9.17, 15) is 20.1 Å². The molecule has 0 fully saturated rings. The van der Waals surface area contributed by atoms with Gasteiger partial charge in [-0.25, -0.2) is 0 Å². The molecule has 6 heteroatoms. The number of benzene rings is 2. The van der Waals surface area contributed by atoms with E-state index in [1.165, 1.54) is 18.2 Å². The molecule has 0 aliphatic heterocycles. The first-order valence-electron chi connectivity index (χ1n) is 6.41. The predicted molar refractivity (Wildman–Crippen MR) is 80.0 cm³/mol. The van der Waals surface area contributed by atoms with Crippen LogP contribution in [0.5, 0.6) is 17.2 Å². The number of hydrogen-bond acceptors (Lipinski definition) is 5. The van der Waals surface area contributed by atoms with Crippen molar-refractivity contribution in [3.05, 3.63) is 42.0 Å². The lowest BCUT2D eigenvalue weighted by Crippen LogP contribution is -2.12. The molecule has 0 aliphatic carbocycles. The first kappa shape index (κ1) is 14.5. The summed E-state index contributed by atoms with van der Waals surface area (Å²) < 4.78 is 0. The summed E-state index contributed by atoms with van der Waals surface area (Å²) in [6.45, 7) is 2.65. The van der Waals surface area contributed by atoms with E-state index in [1.807, 2.05) is 6.92 Å². The maximum Gasteiger partial charge on any atom is 0.259 e. The van der Waals surface area contributed by atoms with E-state index in [0.717, 1.165) is 11.8 Å². The average molecular weight is 288 g/mol. The molecule has 2 aromatic carbocycles. The number of amides is 1. The zero-order valence-corrected chi connectivity index (χ0v) is 11.4. The number of rotatable bonds is 4. The van der Waals surface area contributed by atoms with Gasteiger partial charge in [-0.05, 0) is 31.2 Å². The molecule has 0 unspecified atom stereocenters. The summed E-state index contributed by atoms with van der Waals surface area (Å²) in [5, 5.41) is 34.2. The van der Waals surface area contributed by atoms with Crippen LogP contribution in [-0.4, -0.2) is 27.8 Å². The summed E-state index contributed by atoms with van der Waals surface area (Å²) in [6.07, 6.45) is 0. The second-order valence-corrected chi connectivity index (χ2v) is 4.42. The molecule has 2 rings (SSSR count). The van der Waals surface area contributed by atoms with Crippen molar-refractivity contribution in [2.45, 2.75) is 6.92 Å². The van der Waals surface area contributed by atoms with Crippen LogP contribution in [-0.2, 0) is 0 Å².